The molecule has 0 amide bonds. The molecular weight excluding hydrogens is 266 g/mol. The predicted octanol–water partition coefficient (Wildman–Crippen LogP) is 3.96. The van der Waals surface area contributed by atoms with E-state index in [-0.39, 0.29) is 5.37 Å². The molecule has 0 aliphatic carbocycles. The molecule has 0 aromatic heterocycles. The van der Waals surface area contributed by atoms with Gasteiger partial charge in [0.25, 0.3) is 0 Å². The average Bonchev–Trinajstić information content (AvgIpc) is 2.28. The third-order valence-electron chi connectivity index (χ3n) is 2.85. The van der Waals surface area contributed by atoms with Gasteiger partial charge < -0.3 is 5.32 Å². The maximum atomic E-state index is 13.2. The first-order valence-corrected chi connectivity index (χ1v) is 6.57. The number of nitrogens with one attached hydrogen (secondary N) is 1. The fraction of sp³-hybridized carbons (Fsp3) is 0.500. The lowest BCUT2D eigenvalue weighted by molar-refractivity contribution is -0.140. The Kier molecular flexibility index (Phi) is 3.87. The topological polar surface area (TPSA) is 12.0 Å². The van der Waals surface area contributed by atoms with E-state index in [2.05, 4.69) is 5.32 Å². The van der Waals surface area contributed by atoms with Gasteiger partial charge in [0, 0.05) is 5.25 Å². The molecule has 1 aliphatic rings. The van der Waals surface area contributed by atoms with E-state index in [0.717, 1.165) is 25.1 Å². The molecule has 1 fully saturated rings. The summed E-state index contributed by atoms with van der Waals surface area (Å²) in [5.74, 6) is -1.22. The molecule has 6 heteroatoms. The Morgan fingerprint density at radius 1 is 1.33 bits per heavy atom. The van der Waals surface area contributed by atoms with Crippen LogP contribution in [0, 0.1) is 5.82 Å². The Labute approximate surface area is 107 Å². The molecule has 100 valence electrons. The van der Waals surface area contributed by atoms with Crippen LogP contribution in [0.4, 0.5) is 17.6 Å². The first-order chi connectivity index (χ1) is 8.38. The molecule has 1 N–H and O–H groups in total. The van der Waals surface area contributed by atoms with Gasteiger partial charge in [-0.15, -0.1) is 11.8 Å². The first-order valence-electron chi connectivity index (χ1n) is 5.63. The van der Waals surface area contributed by atoms with Gasteiger partial charge in [-0.3, -0.25) is 0 Å². The molecule has 1 aliphatic heterocycles. The van der Waals surface area contributed by atoms with Gasteiger partial charge in [0.15, 0.2) is 0 Å². The van der Waals surface area contributed by atoms with Gasteiger partial charge in [-0.1, -0.05) is 13.0 Å². The molecule has 0 bridgehead atoms. The zero-order valence-corrected chi connectivity index (χ0v) is 10.5. The lowest BCUT2D eigenvalue weighted by atomic mass is 10.1. The summed E-state index contributed by atoms with van der Waals surface area (Å²) in [5, 5.41) is 3.32. The van der Waals surface area contributed by atoms with Crippen LogP contribution in [0.25, 0.3) is 0 Å². The largest absolute Gasteiger partial charge is 0.419 e. The van der Waals surface area contributed by atoms with Crippen LogP contribution in [-0.2, 0) is 6.18 Å². The van der Waals surface area contributed by atoms with E-state index >= 15 is 0 Å². The maximum absolute atomic E-state index is 13.2. The molecule has 1 heterocycles. The monoisotopic (exact) mass is 279 g/mol. The van der Waals surface area contributed by atoms with Crippen molar-refractivity contribution in [2.24, 2.45) is 0 Å². The number of rotatable bonds is 1. The number of benzene rings is 1. The van der Waals surface area contributed by atoms with E-state index in [1.165, 1.54) is 6.07 Å². The first kappa shape index (κ1) is 13.7. The smallest absolute Gasteiger partial charge is 0.302 e. The van der Waals surface area contributed by atoms with Crippen molar-refractivity contribution in [2.45, 2.75) is 30.1 Å². The van der Waals surface area contributed by atoms with Gasteiger partial charge >= 0.3 is 6.18 Å². The number of alkyl halides is 3. The molecule has 2 unspecified atom stereocenters. The Morgan fingerprint density at radius 3 is 2.67 bits per heavy atom. The van der Waals surface area contributed by atoms with Gasteiger partial charge in [0.2, 0.25) is 0 Å². The van der Waals surface area contributed by atoms with Crippen LogP contribution >= 0.6 is 11.8 Å². The molecule has 1 saturated heterocycles. The van der Waals surface area contributed by atoms with Gasteiger partial charge in [0.1, 0.15) is 5.82 Å². The van der Waals surface area contributed by atoms with E-state index in [1.54, 1.807) is 11.8 Å². The van der Waals surface area contributed by atoms with Crippen molar-refractivity contribution < 1.29 is 17.6 Å². The molecule has 1 aromatic rings. The maximum Gasteiger partial charge on any atom is 0.419 e. The number of halogens is 4. The molecule has 0 radical (unpaired) electrons. The molecule has 0 spiro atoms. The van der Waals surface area contributed by atoms with Crippen LogP contribution in [-0.4, -0.2) is 11.8 Å². The minimum atomic E-state index is -4.65. The van der Waals surface area contributed by atoms with E-state index < -0.39 is 17.6 Å². The highest BCUT2D eigenvalue weighted by atomic mass is 32.2. The van der Waals surface area contributed by atoms with E-state index in [4.69, 9.17) is 0 Å². The third kappa shape index (κ3) is 2.98. The van der Waals surface area contributed by atoms with E-state index in [9.17, 15) is 17.6 Å². The minimum absolute atomic E-state index is 0.199. The van der Waals surface area contributed by atoms with E-state index in [0.29, 0.717) is 10.8 Å². The van der Waals surface area contributed by atoms with Gasteiger partial charge in [-0.25, -0.2) is 4.39 Å². The highest BCUT2D eigenvalue weighted by molar-refractivity contribution is 8.00. The van der Waals surface area contributed by atoms with Crippen LogP contribution in [0.1, 0.15) is 29.8 Å². The summed E-state index contributed by atoms with van der Waals surface area (Å²) in [6, 6.07) is 3.20. The Morgan fingerprint density at radius 2 is 2.06 bits per heavy atom. The normalized spacial score (nSPS) is 25.2. The molecule has 1 aromatic carbocycles. The fourth-order valence-corrected chi connectivity index (χ4v) is 3.12. The van der Waals surface area contributed by atoms with Crippen molar-refractivity contribution in [3.8, 4) is 0 Å². The molecule has 1 nitrogen and oxygen atoms in total. The van der Waals surface area contributed by atoms with Crippen molar-refractivity contribution in [1.29, 1.82) is 0 Å². The van der Waals surface area contributed by atoms with Crippen molar-refractivity contribution in [1.82, 2.24) is 5.32 Å². The molecule has 0 saturated carbocycles. The summed E-state index contributed by atoms with van der Waals surface area (Å²) in [4.78, 5) is 0. The minimum Gasteiger partial charge on any atom is -0.302 e. The van der Waals surface area contributed by atoms with Crippen molar-refractivity contribution >= 4 is 11.8 Å². The number of thioether (sulfide) groups is 1. The van der Waals surface area contributed by atoms with Crippen molar-refractivity contribution in [2.75, 3.05) is 6.54 Å². The van der Waals surface area contributed by atoms with Crippen LogP contribution in [0.2, 0.25) is 0 Å². The standard InChI is InChI=1S/C12H13F4NS/c1-7-4-5-17-11(18-7)8-2-3-10(13)9(6-8)12(14,15)16/h2-3,6-7,11,17H,4-5H2,1H3. The van der Waals surface area contributed by atoms with Crippen LogP contribution < -0.4 is 5.32 Å². The predicted molar refractivity (Wildman–Crippen MR) is 63.8 cm³/mol. The van der Waals surface area contributed by atoms with Crippen LogP contribution in [0.3, 0.4) is 0 Å². The Balaban J connectivity index is 2.29. The average molecular weight is 279 g/mol. The molecule has 2 rings (SSSR count). The van der Waals surface area contributed by atoms with E-state index in [1.807, 2.05) is 6.92 Å². The molecule has 18 heavy (non-hydrogen) atoms. The summed E-state index contributed by atoms with van der Waals surface area (Å²) >= 11 is 1.56. The van der Waals surface area contributed by atoms with Crippen molar-refractivity contribution in [3.05, 3.63) is 35.1 Å². The fourth-order valence-electron chi connectivity index (χ4n) is 1.89. The molecule has 2 atom stereocenters. The summed E-state index contributed by atoms with van der Waals surface area (Å²) in [5.41, 5.74) is -0.721. The number of hydrogen-bond acceptors (Lipinski definition) is 2. The summed E-state index contributed by atoms with van der Waals surface area (Å²) in [6.45, 7) is 2.80. The van der Waals surface area contributed by atoms with Crippen LogP contribution in [0.15, 0.2) is 18.2 Å². The summed E-state index contributed by atoms with van der Waals surface area (Å²) < 4.78 is 51.0. The zero-order valence-electron chi connectivity index (χ0n) is 9.72. The third-order valence-corrected chi connectivity index (χ3v) is 4.26. The van der Waals surface area contributed by atoms with Crippen LogP contribution in [0.5, 0.6) is 0 Å². The highest BCUT2D eigenvalue weighted by Crippen LogP contribution is 2.38. The molecular formula is C12H13F4NS. The second-order valence-corrected chi connectivity index (χ2v) is 5.85. The summed E-state index contributed by atoms with van der Waals surface area (Å²) in [6.07, 6.45) is -3.67. The SMILES string of the molecule is CC1CCNC(c2ccc(F)c(C(F)(F)F)c2)S1. The lowest BCUT2D eigenvalue weighted by Gasteiger charge is -2.28. The Bertz CT molecular complexity index is 433. The number of hydrogen-bond donors (Lipinski definition) is 1. The van der Waals surface area contributed by atoms with Crippen molar-refractivity contribution in [3.63, 3.8) is 0 Å². The van der Waals surface area contributed by atoms with Gasteiger partial charge in [-0.2, -0.15) is 13.2 Å². The summed E-state index contributed by atoms with van der Waals surface area (Å²) in [7, 11) is 0. The lowest BCUT2D eigenvalue weighted by Crippen LogP contribution is -2.29. The quantitative estimate of drug-likeness (QED) is 0.781. The van der Waals surface area contributed by atoms with Gasteiger partial charge in [-0.05, 0) is 30.7 Å². The highest BCUT2D eigenvalue weighted by Gasteiger charge is 2.35. The zero-order chi connectivity index (χ0) is 13.3. The Hall–Kier alpha value is -0.750. The second-order valence-electron chi connectivity index (χ2n) is 4.31. The van der Waals surface area contributed by atoms with Gasteiger partial charge in [0.05, 0.1) is 10.9 Å². The second kappa shape index (κ2) is 5.09.